The van der Waals surface area contributed by atoms with Crippen molar-refractivity contribution in [2.75, 3.05) is 26.7 Å². The molecule has 1 aromatic heterocycles. The Morgan fingerprint density at radius 3 is 2.65 bits per heavy atom. The smallest absolute Gasteiger partial charge is 0.318 e. The van der Waals surface area contributed by atoms with Gasteiger partial charge in [-0.15, -0.1) is 0 Å². The van der Waals surface area contributed by atoms with Crippen LogP contribution in [-0.2, 0) is 13.6 Å². The molecular formula is C9H16F3N5. The van der Waals surface area contributed by atoms with E-state index in [2.05, 4.69) is 15.4 Å². The minimum atomic E-state index is -4.20. The first-order valence-corrected chi connectivity index (χ1v) is 5.19. The maximum absolute atomic E-state index is 12.4. The van der Waals surface area contributed by atoms with Crippen LogP contribution in [0.3, 0.4) is 0 Å². The van der Waals surface area contributed by atoms with Gasteiger partial charge in [-0.05, 0) is 7.05 Å². The van der Waals surface area contributed by atoms with Crippen LogP contribution in [-0.4, -0.2) is 52.5 Å². The number of alkyl halides is 3. The van der Waals surface area contributed by atoms with Gasteiger partial charge < -0.3 is 5.32 Å². The zero-order valence-corrected chi connectivity index (χ0v) is 9.83. The van der Waals surface area contributed by atoms with Crippen LogP contribution in [0, 0.1) is 0 Å². The average Bonchev–Trinajstić information content (AvgIpc) is 2.59. The van der Waals surface area contributed by atoms with E-state index in [1.807, 2.05) is 0 Å². The molecule has 17 heavy (non-hydrogen) atoms. The molecule has 0 saturated carbocycles. The Hall–Kier alpha value is -1.15. The fraction of sp³-hybridized carbons (Fsp3) is 0.778. The molecule has 0 amide bonds. The molecule has 0 atom stereocenters. The number of nitrogens with zero attached hydrogens (tertiary/aromatic N) is 4. The van der Waals surface area contributed by atoms with Gasteiger partial charge in [-0.1, -0.05) is 0 Å². The van der Waals surface area contributed by atoms with Crippen LogP contribution in [0.25, 0.3) is 0 Å². The van der Waals surface area contributed by atoms with Crippen molar-refractivity contribution < 1.29 is 13.2 Å². The number of likely N-dealkylation sites (N-methyl/N-ethyl adjacent to an activating group) is 1. The van der Waals surface area contributed by atoms with Gasteiger partial charge in [-0.2, -0.15) is 18.3 Å². The molecule has 98 valence electrons. The van der Waals surface area contributed by atoms with E-state index in [-0.39, 0.29) is 6.54 Å². The quantitative estimate of drug-likeness (QED) is 0.795. The first kappa shape index (κ1) is 13.9. The van der Waals surface area contributed by atoms with Gasteiger partial charge in [0.05, 0.1) is 13.1 Å². The lowest BCUT2D eigenvalue weighted by Gasteiger charge is -2.22. The molecule has 1 rings (SSSR count). The number of aromatic nitrogens is 3. The van der Waals surface area contributed by atoms with E-state index in [0.29, 0.717) is 18.9 Å². The van der Waals surface area contributed by atoms with Gasteiger partial charge in [0.1, 0.15) is 12.2 Å². The standard InChI is InChI=1S/C9H16F3N5/c1-13-3-4-17(6-9(10,11)12)5-8-14-7-15-16(8)2/h7,13H,3-6H2,1-2H3. The van der Waals surface area contributed by atoms with Crippen molar-refractivity contribution in [3.8, 4) is 0 Å². The SMILES string of the molecule is CNCCN(Cc1ncnn1C)CC(F)(F)F. The van der Waals surface area contributed by atoms with Crippen LogP contribution in [0.2, 0.25) is 0 Å². The highest BCUT2D eigenvalue weighted by Gasteiger charge is 2.30. The lowest BCUT2D eigenvalue weighted by Crippen LogP contribution is -2.38. The number of halogens is 3. The van der Waals surface area contributed by atoms with E-state index >= 15 is 0 Å². The second-order valence-corrected chi connectivity index (χ2v) is 3.73. The molecule has 0 bridgehead atoms. The molecule has 0 spiro atoms. The molecule has 1 N–H and O–H groups in total. The summed E-state index contributed by atoms with van der Waals surface area (Å²) < 4.78 is 38.5. The van der Waals surface area contributed by atoms with Crippen molar-refractivity contribution >= 4 is 0 Å². The number of rotatable bonds is 6. The Bertz CT molecular complexity index is 336. The van der Waals surface area contributed by atoms with Gasteiger partial charge in [0.2, 0.25) is 0 Å². The average molecular weight is 251 g/mol. The summed E-state index contributed by atoms with van der Waals surface area (Å²) in [6.45, 7) is -0.00394. The predicted octanol–water partition coefficient (Wildman–Crippen LogP) is 0.399. The van der Waals surface area contributed by atoms with Crippen LogP contribution in [0.5, 0.6) is 0 Å². The van der Waals surface area contributed by atoms with Crippen LogP contribution >= 0.6 is 0 Å². The summed E-state index contributed by atoms with van der Waals surface area (Å²) in [7, 11) is 3.36. The van der Waals surface area contributed by atoms with Gasteiger partial charge in [0.15, 0.2) is 0 Å². The Labute approximate surface area is 97.6 Å². The Balaban J connectivity index is 2.60. The van der Waals surface area contributed by atoms with E-state index in [4.69, 9.17) is 0 Å². The Morgan fingerprint density at radius 1 is 1.47 bits per heavy atom. The third kappa shape index (κ3) is 5.14. The number of aryl methyl sites for hydroxylation is 1. The molecule has 0 aromatic carbocycles. The zero-order valence-electron chi connectivity index (χ0n) is 9.83. The van der Waals surface area contributed by atoms with E-state index in [9.17, 15) is 13.2 Å². The summed E-state index contributed by atoms with van der Waals surface area (Å²) in [6.07, 6.45) is -2.87. The predicted molar refractivity (Wildman–Crippen MR) is 56.3 cm³/mol. The van der Waals surface area contributed by atoms with E-state index in [1.54, 1.807) is 14.1 Å². The van der Waals surface area contributed by atoms with Crippen LogP contribution in [0.15, 0.2) is 6.33 Å². The molecule has 0 fully saturated rings. The maximum atomic E-state index is 12.4. The van der Waals surface area contributed by atoms with Crippen LogP contribution in [0.1, 0.15) is 5.82 Å². The number of nitrogens with one attached hydrogen (secondary N) is 1. The second kappa shape index (κ2) is 5.97. The first-order valence-electron chi connectivity index (χ1n) is 5.19. The van der Waals surface area contributed by atoms with Gasteiger partial charge in [-0.3, -0.25) is 9.58 Å². The van der Waals surface area contributed by atoms with Crippen molar-refractivity contribution in [3.63, 3.8) is 0 Å². The molecule has 1 heterocycles. The fourth-order valence-electron chi connectivity index (χ4n) is 1.40. The summed E-state index contributed by atoms with van der Waals surface area (Å²) in [4.78, 5) is 5.21. The van der Waals surface area contributed by atoms with Crippen molar-refractivity contribution in [1.82, 2.24) is 25.0 Å². The topological polar surface area (TPSA) is 46.0 Å². The molecule has 8 heteroatoms. The first-order chi connectivity index (χ1) is 7.92. The molecule has 0 saturated heterocycles. The normalized spacial score (nSPS) is 12.4. The van der Waals surface area contributed by atoms with Crippen molar-refractivity contribution in [1.29, 1.82) is 0 Å². The lowest BCUT2D eigenvalue weighted by atomic mass is 10.4. The van der Waals surface area contributed by atoms with E-state index < -0.39 is 12.7 Å². The van der Waals surface area contributed by atoms with Crippen LogP contribution in [0.4, 0.5) is 13.2 Å². The van der Waals surface area contributed by atoms with Crippen molar-refractivity contribution in [2.24, 2.45) is 7.05 Å². The summed E-state index contributed by atoms with van der Waals surface area (Å²) in [6, 6.07) is 0. The molecule has 0 aliphatic heterocycles. The zero-order chi connectivity index (χ0) is 12.9. The summed E-state index contributed by atoms with van der Waals surface area (Å²) in [5.74, 6) is 0.519. The largest absolute Gasteiger partial charge is 0.401 e. The molecule has 0 aliphatic rings. The molecule has 0 radical (unpaired) electrons. The van der Waals surface area contributed by atoms with Crippen molar-refractivity contribution in [2.45, 2.75) is 12.7 Å². The Morgan fingerprint density at radius 2 is 2.18 bits per heavy atom. The summed E-state index contributed by atoms with van der Waals surface area (Å²) in [5, 5.41) is 6.65. The van der Waals surface area contributed by atoms with Gasteiger partial charge in [-0.25, -0.2) is 4.98 Å². The highest BCUT2D eigenvalue weighted by molar-refractivity contribution is 4.84. The maximum Gasteiger partial charge on any atom is 0.401 e. The van der Waals surface area contributed by atoms with Crippen LogP contribution < -0.4 is 5.32 Å². The highest BCUT2D eigenvalue weighted by Crippen LogP contribution is 2.17. The lowest BCUT2D eigenvalue weighted by molar-refractivity contribution is -0.147. The van der Waals surface area contributed by atoms with Crippen molar-refractivity contribution in [3.05, 3.63) is 12.2 Å². The molecule has 1 aromatic rings. The molecule has 0 unspecified atom stereocenters. The number of hydrogen-bond acceptors (Lipinski definition) is 4. The van der Waals surface area contributed by atoms with Gasteiger partial charge in [0.25, 0.3) is 0 Å². The van der Waals surface area contributed by atoms with Gasteiger partial charge >= 0.3 is 6.18 Å². The molecular weight excluding hydrogens is 235 g/mol. The Kier molecular flexibility index (Phi) is 4.88. The third-order valence-electron chi connectivity index (χ3n) is 2.25. The van der Waals surface area contributed by atoms with Gasteiger partial charge in [0, 0.05) is 20.1 Å². The molecule has 5 nitrogen and oxygen atoms in total. The van der Waals surface area contributed by atoms with E-state index in [1.165, 1.54) is 15.9 Å². The van der Waals surface area contributed by atoms with E-state index in [0.717, 1.165) is 0 Å². The second-order valence-electron chi connectivity index (χ2n) is 3.73. The number of hydrogen-bond donors (Lipinski definition) is 1. The summed E-state index contributed by atoms with van der Waals surface area (Å²) >= 11 is 0. The third-order valence-corrected chi connectivity index (χ3v) is 2.25. The molecule has 0 aliphatic carbocycles. The fourth-order valence-corrected chi connectivity index (χ4v) is 1.40. The minimum Gasteiger partial charge on any atom is -0.318 e. The monoisotopic (exact) mass is 251 g/mol. The minimum absolute atomic E-state index is 0.137. The highest BCUT2D eigenvalue weighted by atomic mass is 19.4. The summed E-state index contributed by atoms with van der Waals surface area (Å²) in [5.41, 5.74) is 0.